The van der Waals surface area contributed by atoms with Gasteiger partial charge in [0.2, 0.25) is 0 Å². The van der Waals surface area contributed by atoms with Crippen molar-refractivity contribution in [2.75, 3.05) is 5.32 Å². The normalized spacial score (nSPS) is 10.6. The number of anilines is 1. The molecule has 2 heteroatoms. The van der Waals surface area contributed by atoms with Crippen molar-refractivity contribution in [2.24, 2.45) is 0 Å². The molecule has 1 N–H and O–H groups in total. The second-order valence-corrected chi connectivity index (χ2v) is 4.96. The first-order valence-corrected chi connectivity index (χ1v) is 6.55. The lowest BCUT2D eigenvalue weighted by Crippen LogP contribution is -1.98. The SMILES string of the molecule is c1ccc(CNc2ccc3sccc3c2)cc1. The topological polar surface area (TPSA) is 12.0 Å². The van der Waals surface area contributed by atoms with E-state index in [4.69, 9.17) is 0 Å². The monoisotopic (exact) mass is 239 g/mol. The Balaban J connectivity index is 1.76. The van der Waals surface area contributed by atoms with E-state index in [0.29, 0.717) is 0 Å². The molecule has 0 bridgehead atoms. The number of fused-ring (bicyclic) bond motifs is 1. The van der Waals surface area contributed by atoms with E-state index in [1.54, 1.807) is 11.3 Å². The number of thiophene rings is 1. The second kappa shape index (κ2) is 4.60. The van der Waals surface area contributed by atoms with Crippen molar-refractivity contribution in [1.29, 1.82) is 0 Å². The molecule has 0 unspecified atom stereocenters. The summed E-state index contributed by atoms with van der Waals surface area (Å²) in [5.41, 5.74) is 2.48. The number of hydrogen-bond donors (Lipinski definition) is 1. The summed E-state index contributed by atoms with van der Waals surface area (Å²) in [5, 5.41) is 6.89. The molecule has 84 valence electrons. The summed E-state index contributed by atoms with van der Waals surface area (Å²) in [6.45, 7) is 0.872. The third-order valence-corrected chi connectivity index (χ3v) is 3.69. The van der Waals surface area contributed by atoms with E-state index in [-0.39, 0.29) is 0 Å². The molecule has 0 fully saturated rings. The predicted octanol–water partition coefficient (Wildman–Crippen LogP) is 4.51. The van der Waals surface area contributed by atoms with Gasteiger partial charge in [-0.1, -0.05) is 30.3 Å². The van der Waals surface area contributed by atoms with Crippen LogP contribution in [-0.2, 0) is 6.54 Å². The van der Waals surface area contributed by atoms with Gasteiger partial charge in [-0.3, -0.25) is 0 Å². The summed E-state index contributed by atoms with van der Waals surface area (Å²) in [6, 6.07) is 19.1. The fourth-order valence-corrected chi connectivity index (χ4v) is 2.65. The number of rotatable bonds is 3. The van der Waals surface area contributed by atoms with E-state index in [9.17, 15) is 0 Å². The summed E-state index contributed by atoms with van der Waals surface area (Å²) in [6.07, 6.45) is 0. The molecule has 1 aromatic heterocycles. The molecule has 0 saturated heterocycles. The van der Waals surface area contributed by atoms with E-state index < -0.39 is 0 Å². The zero-order chi connectivity index (χ0) is 11.5. The van der Waals surface area contributed by atoms with Gasteiger partial charge in [0.1, 0.15) is 0 Å². The van der Waals surface area contributed by atoms with Gasteiger partial charge in [-0.25, -0.2) is 0 Å². The smallest absolute Gasteiger partial charge is 0.0400 e. The van der Waals surface area contributed by atoms with Crippen molar-refractivity contribution in [3.63, 3.8) is 0 Å². The van der Waals surface area contributed by atoms with Crippen molar-refractivity contribution >= 4 is 27.1 Å². The minimum atomic E-state index is 0.872. The lowest BCUT2D eigenvalue weighted by molar-refractivity contribution is 1.15. The van der Waals surface area contributed by atoms with Gasteiger partial charge in [-0.2, -0.15) is 0 Å². The van der Waals surface area contributed by atoms with Crippen LogP contribution in [0.5, 0.6) is 0 Å². The van der Waals surface area contributed by atoms with Gasteiger partial charge in [-0.05, 0) is 40.6 Å². The van der Waals surface area contributed by atoms with E-state index >= 15 is 0 Å². The molecule has 0 atom stereocenters. The van der Waals surface area contributed by atoms with Crippen LogP contribution in [0.25, 0.3) is 10.1 Å². The number of nitrogens with one attached hydrogen (secondary N) is 1. The third-order valence-electron chi connectivity index (χ3n) is 2.79. The molecular formula is C15H13NS. The van der Waals surface area contributed by atoms with E-state index in [1.807, 2.05) is 6.07 Å². The third kappa shape index (κ3) is 2.32. The highest BCUT2D eigenvalue weighted by Crippen LogP contribution is 2.24. The standard InChI is InChI=1S/C15H13NS/c1-2-4-12(5-3-1)11-16-14-6-7-15-13(10-14)8-9-17-15/h1-10,16H,11H2. The average molecular weight is 239 g/mol. The van der Waals surface area contributed by atoms with E-state index in [0.717, 1.165) is 6.54 Å². The maximum Gasteiger partial charge on any atom is 0.0400 e. The van der Waals surface area contributed by atoms with Gasteiger partial charge in [0, 0.05) is 16.9 Å². The number of hydrogen-bond acceptors (Lipinski definition) is 2. The van der Waals surface area contributed by atoms with Gasteiger partial charge >= 0.3 is 0 Å². The Bertz CT molecular complexity index is 613. The first-order chi connectivity index (χ1) is 8.42. The lowest BCUT2D eigenvalue weighted by Gasteiger charge is -2.06. The molecule has 2 aromatic carbocycles. The maximum atomic E-state index is 3.45. The van der Waals surface area contributed by atoms with Gasteiger partial charge < -0.3 is 5.32 Å². The molecule has 0 amide bonds. The van der Waals surface area contributed by atoms with Crippen LogP contribution < -0.4 is 5.32 Å². The highest BCUT2D eigenvalue weighted by Gasteiger charge is 1.97. The Morgan fingerprint density at radius 1 is 0.941 bits per heavy atom. The van der Waals surface area contributed by atoms with Crippen LogP contribution in [0, 0.1) is 0 Å². The van der Waals surface area contributed by atoms with Crippen LogP contribution >= 0.6 is 11.3 Å². The Morgan fingerprint density at radius 2 is 1.82 bits per heavy atom. The molecule has 3 rings (SSSR count). The summed E-state index contributed by atoms with van der Waals surface area (Å²) in [5.74, 6) is 0. The molecule has 0 aliphatic heterocycles. The van der Waals surface area contributed by atoms with Gasteiger partial charge in [-0.15, -0.1) is 11.3 Å². The van der Waals surface area contributed by atoms with Crippen molar-refractivity contribution < 1.29 is 0 Å². The van der Waals surface area contributed by atoms with Crippen LogP contribution in [0.15, 0.2) is 60.0 Å². The molecule has 0 radical (unpaired) electrons. The first-order valence-electron chi connectivity index (χ1n) is 5.67. The fraction of sp³-hybridized carbons (Fsp3) is 0.0667. The Morgan fingerprint density at radius 3 is 2.71 bits per heavy atom. The number of benzene rings is 2. The molecule has 0 spiro atoms. The first kappa shape index (κ1) is 10.4. The fourth-order valence-electron chi connectivity index (χ4n) is 1.88. The van der Waals surface area contributed by atoms with Crippen molar-refractivity contribution in [2.45, 2.75) is 6.54 Å². The Kier molecular flexibility index (Phi) is 2.80. The van der Waals surface area contributed by atoms with E-state index in [1.165, 1.54) is 21.3 Å². The van der Waals surface area contributed by atoms with Gasteiger partial charge in [0.05, 0.1) is 0 Å². The van der Waals surface area contributed by atoms with E-state index in [2.05, 4.69) is 59.2 Å². The zero-order valence-corrected chi connectivity index (χ0v) is 10.2. The summed E-state index contributed by atoms with van der Waals surface area (Å²) in [4.78, 5) is 0. The van der Waals surface area contributed by atoms with Crippen molar-refractivity contribution in [3.05, 3.63) is 65.5 Å². The molecular weight excluding hydrogens is 226 g/mol. The maximum absolute atomic E-state index is 3.45. The Labute approximate surface area is 105 Å². The highest BCUT2D eigenvalue weighted by molar-refractivity contribution is 7.17. The second-order valence-electron chi connectivity index (χ2n) is 4.01. The molecule has 1 heterocycles. The van der Waals surface area contributed by atoms with Crippen molar-refractivity contribution in [1.82, 2.24) is 0 Å². The Hall–Kier alpha value is -1.80. The summed E-state index contributed by atoms with van der Waals surface area (Å²) >= 11 is 1.78. The van der Waals surface area contributed by atoms with Crippen LogP contribution in [0.1, 0.15) is 5.56 Å². The minimum absolute atomic E-state index is 0.872. The summed E-state index contributed by atoms with van der Waals surface area (Å²) < 4.78 is 1.34. The predicted molar refractivity (Wildman–Crippen MR) is 75.6 cm³/mol. The zero-order valence-electron chi connectivity index (χ0n) is 9.39. The van der Waals surface area contributed by atoms with Gasteiger partial charge in [0.15, 0.2) is 0 Å². The van der Waals surface area contributed by atoms with Crippen LogP contribution in [0.4, 0.5) is 5.69 Å². The minimum Gasteiger partial charge on any atom is -0.381 e. The summed E-state index contributed by atoms with van der Waals surface area (Å²) in [7, 11) is 0. The van der Waals surface area contributed by atoms with Crippen LogP contribution in [0.2, 0.25) is 0 Å². The molecule has 0 aliphatic carbocycles. The van der Waals surface area contributed by atoms with Gasteiger partial charge in [0.25, 0.3) is 0 Å². The van der Waals surface area contributed by atoms with Crippen LogP contribution in [-0.4, -0.2) is 0 Å². The largest absolute Gasteiger partial charge is 0.381 e. The highest BCUT2D eigenvalue weighted by atomic mass is 32.1. The lowest BCUT2D eigenvalue weighted by atomic mass is 10.2. The molecule has 1 nitrogen and oxygen atoms in total. The molecule has 3 aromatic rings. The van der Waals surface area contributed by atoms with Crippen LogP contribution in [0.3, 0.4) is 0 Å². The van der Waals surface area contributed by atoms with Crippen molar-refractivity contribution in [3.8, 4) is 0 Å². The molecule has 17 heavy (non-hydrogen) atoms. The molecule has 0 saturated carbocycles. The average Bonchev–Trinajstić information content (AvgIpc) is 2.85. The molecule has 0 aliphatic rings. The quantitative estimate of drug-likeness (QED) is 0.709.